The van der Waals surface area contributed by atoms with Gasteiger partial charge in [-0.2, -0.15) is 5.10 Å². The van der Waals surface area contributed by atoms with Crippen molar-refractivity contribution in [3.63, 3.8) is 0 Å². The zero-order chi connectivity index (χ0) is 24.5. The highest BCUT2D eigenvalue weighted by Gasteiger charge is 2.20. The minimum Gasteiger partial charge on any atom is -0.497 e. The number of nitrogens with one attached hydrogen (secondary N) is 1. The van der Waals surface area contributed by atoms with Gasteiger partial charge in [-0.05, 0) is 49.7 Å². The molecule has 5 aromatic rings. The van der Waals surface area contributed by atoms with Crippen LogP contribution in [0.4, 0.5) is 0 Å². The molecule has 0 aliphatic carbocycles. The van der Waals surface area contributed by atoms with E-state index in [0.29, 0.717) is 0 Å². The molecule has 36 heavy (non-hydrogen) atoms. The first-order chi connectivity index (χ1) is 17.7. The number of aromatic amines is 1. The van der Waals surface area contributed by atoms with Gasteiger partial charge in [0.1, 0.15) is 22.8 Å². The van der Waals surface area contributed by atoms with E-state index < -0.39 is 0 Å². The Kier molecular flexibility index (Phi) is 6.43. The van der Waals surface area contributed by atoms with Crippen LogP contribution >= 0.6 is 11.3 Å². The number of nitrogens with zero attached hydrogens (tertiary/aromatic N) is 5. The van der Waals surface area contributed by atoms with Crippen LogP contribution in [0.2, 0.25) is 0 Å². The van der Waals surface area contributed by atoms with Crippen LogP contribution in [0.25, 0.3) is 31.8 Å². The molecule has 0 spiro atoms. The Morgan fingerprint density at radius 3 is 2.69 bits per heavy atom. The van der Waals surface area contributed by atoms with Crippen molar-refractivity contribution in [1.29, 1.82) is 0 Å². The highest BCUT2D eigenvalue weighted by molar-refractivity contribution is 7.23. The Balaban J connectivity index is 1.41. The molecule has 0 atom stereocenters. The van der Waals surface area contributed by atoms with Gasteiger partial charge in [0.25, 0.3) is 0 Å². The maximum absolute atomic E-state index is 5.51. The topological polar surface area (TPSA) is 81.1 Å². The van der Waals surface area contributed by atoms with Crippen LogP contribution in [-0.4, -0.2) is 69.6 Å². The SMILES string of the molecule is COc1ccc(Cn2c(CCCN3CCOCC3)nc3c(C)nc4cc(-c5cc[nH]n5)sc4c32)cc1. The van der Waals surface area contributed by atoms with E-state index in [0.717, 1.165) is 95.8 Å². The second-order valence-electron chi connectivity index (χ2n) is 9.20. The van der Waals surface area contributed by atoms with Gasteiger partial charge >= 0.3 is 0 Å². The fraction of sp³-hybridized carbons (Fsp3) is 0.370. The van der Waals surface area contributed by atoms with Gasteiger partial charge in [-0.1, -0.05) is 12.1 Å². The van der Waals surface area contributed by atoms with Crippen LogP contribution in [0, 0.1) is 6.92 Å². The second-order valence-corrected chi connectivity index (χ2v) is 10.3. The number of hydrogen-bond acceptors (Lipinski definition) is 7. The largest absolute Gasteiger partial charge is 0.497 e. The van der Waals surface area contributed by atoms with Crippen LogP contribution in [0.1, 0.15) is 23.5 Å². The molecule has 1 fully saturated rings. The van der Waals surface area contributed by atoms with Crippen LogP contribution < -0.4 is 4.74 Å². The highest BCUT2D eigenvalue weighted by Crippen LogP contribution is 2.37. The standard InChI is InChI=1S/C27H30N6O2S/c1-18-25-26(27-22(29-18)16-23(36-27)21-9-10-28-31-21)33(17-19-5-7-20(34-2)8-6-19)24(30-25)4-3-11-32-12-14-35-15-13-32/h5-10,16H,3-4,11-15,17H2,1-2H3,(H,28,31). The number of thiophene rings is 1. The average molecular weight is 503 g/mol. The second kappa shape index (κ2) is 10.0. The lowest BCUT2D eigenvalue weighted by atomic mass is 10.2. The number of hydrogen-bond donors (Lipinski definition) is 1. The molecule has 0 bridgehead atoms. The number of rotatable bonds is 8. The summed E-state index contributed by atoms with van der Waals surface area (Å²) in [6.45, 7) is 7.56. The van der Waals surface area contributed by atoms with Gasteiger partial charge in [-0.3, -0.25) is 10.00 Å². The molecule has 1 aliphatic heterocycles. The Morgan fingerprint density at radius 2 is 1.94 bits per heavy atom. The van der Waals surface area contributed by atoms with Gasteiger partial charge in [0.05, 0.1) is 46.6 Å². The first-order valence-electron chi connectivity index (χ1n) is 12.4. The van der Waals surface area contributed by atoms with E-state index in [1.54, 1.807) is 18.4 Å². The number of H-pyrrole nitrogens is 1. The summed E-state index contributed by atoms with van der Waals surface area (Å²) in [7, 11) is 1.70. The number of imidazole rings is 1. The third-order valence-corrected chi connectivity index (χ3v) is 7.99. The van der Waals surface area contributed by atoms with Crippen molar-refractivity contribution in [3.05, 3.63) is 59.7 Å². The Morgan fingerprint density at radius 1 is 1.11 bits per heavy atom. The summed E-state index contributed by atoms with van der Waals surface area (Å²) in [5.41, 5.74) is 6.28. The Hall–Kier alpha value is -3.27. The molecule has 1 N–H and O–H groups in total. The number of methoxy groups -OCH3 is 1. The normalized spacial score (nSPS) is 14.7. The van der Waals surface area contributed by atoms with Crippen LogP contribution in [0.15, 0.2) is 42.6 Å². The maximum Gasteiger partial charge on any atom is 0.118 e. The molecule has 0 amide bonds. The maximum atomic E-state index is 5.51. The molecule has 1 saturated heterocycles. The van der Waals surface area contributed by atoms with Crippen molar-refractivity contribution in [2.24, 2.45) is 0 Å². The molecule has 9 heteroatoms. The summed E-state index contributed by atoms with van der Waals surface area (Å²) in [6.07, 6.45) is 3.83. The van der Waals surface area contributed by atoms with Crippen LogP contribution in [-0.2, 0) is 17.7 Å². The van der Waals surface area contributed by atoms with E-state index in [9.17, 15) is 0 Å². The summed E-state index contributed by atoms with van der Waals surface area (Å²) in [6, 6.07) is 12.5. The van der Waals surface area contributed by atoms with Crippen molar-refractivity contribution in [2.45, 2.75) is 26.3 Å². The van der Waals surface area contributed by atoms with Crippen molar-refractivity contribution in [2.75, 3.05) is 40.0 Å². The molecule has 0 saturated carbocycles. The van der Waals surface area contributed by atoms with E-state index in [2.05, 4.69) is 44.8 Å². The van der Waals surface area contributed by atoms with Crippen LogP contribution in [0.5, 0.6) is 5.75 Å². The van der Waals surface area contributed by atoms with E-state index >= 15 is 0 Å². The third-order valence-electron chi connectivity index (χ3n) is 6.84. The zero-order valence-electron chi connectivity index (χ0n) is 20.7. The summed E-state index contributed by atoms with van der Waals surface area (Å²) in [5, 5.41) is 7.32. The first-order valence-corrected chi connectivity index (χ1v) is 13.2. The zero-order valence-corrected chi connectivity index (χ0v) is 21.5. The van der Waals surface area contributed by atoms with Crippen molar-refractivity contribution in [1.82, 2.24) is 29.6 Å². The minimum absolute atomic E-state index is 0.752. The summed E-state index contributed by atoms with van der Waals surface area (Å²) in [5.74, 6) is 1.98. The summed E-state index contributed by atoms with van der Waals surface area (Å²) >= 11 is 1.74. The lowest BCUT2D eigenvalue weighted by Crippen LogP contribution is -2.37. The lowest BCUT2D eigenvalue weighted by molar-refractivity contribution is 0.0374. The average Bonchev–Trinajstić information content (AvgIpc) is 3.65. The van der Waals surface area contributed by atoms with Gasteiger partial charge in [0, 0.05) is 32.3 Å². The lowest BCUT2D eigenvalue weighted by Gasteiger charge is -2.26. The predicted octanol–water partition coefficient (Wildman–Crippen LogP) is 4.67. The van der Waals surface area contributed by atoms with Gasteiger partial charge in [0.15, 0.2) is 0 Å². The smallest absolute Gasteiger partial charge is 0.118 e. The van der Waals surface area contributed by atoms with Crippen molar-refractivity contribution < 1.29 is 9.47 Å². The monoisotopic (exact) mass is 502 g/mol. The molecule has 8 nitrogen and oxygen atoms in total. The number of pyridine rings is 1. The van der Waals surface area contributed by atoms with E-state index in [1.807, 2.05) is 24.4 Å². The van der Waals surface area contributed by atoms with Gasteiger partial charge in [-0.15, -0.1) is 11.3 Å². The van der Waals surface area contributed by atoms with Gasteiger partial charge in [-0.25, -0.2) is 9.97 Å². The van der Waals surface area contributed by atoms with E-state index in [-0.39, 0.29) is 0 Å². The fourth-order valence-corrected chi connectivity index (χ4v) is 6.05. The van der Waals surface area contributed by atoms with Gasteiger partial charge in [0.2, 0.25) is 0 Å². The number of aryl methyl sites for hydroxylation is 2. The minimum atomic E-state index is 0.752. The number of aromatic nitrogens is 5. The summed E-state index contributed by atoms with van der Waals surface area (Å²) in [4.78, 5) is 13.7. The molecule has 186 valence electrons. The first kappa shape index (κ1) is 23.1. The summed E-state index contributed by atoms with van der Waals surface area (Å²) < 4.78 is 14.4. The molecule has 5 heterocycles. The van der Waals surface area contributed by atoms with E-state index in [1.165, 1.54) is 11.1 Å². The number of fused-ring (bicyclic) bond motifs is 3. The molecule has 1 aliphatic rings. The molecule has 0 radical (unpaired) electrons. The third kappa shape index (κ3) is 4.50. The molecule has 4 aromatic heterocycles. The molecular formula is C27H30N6O2S. The molecule has 0 unspecified atom stereocenters. The Bertz CT molecular complexity index is 1470. The van der Waals surface area contributed by atoms with Crippen LogP contribution in [0.3, 0.4) is 0 Å². The predicted molar refractivity (Wildman–Crippen MR) is 143 cm³/mol. The van der Waals surface area contributed by atoms with Gasteiger partial charge < -0.3 is 14.0 Å². The van der Waals surface area contributed by atoms with Crippen molar-refractivity contribution >= 4 is 32.6 Å². The quantitative estimate of drug-likeness (QED) is 0.332. The van der Waals surface area contributed by atoms with E-state index in [4.69, 9.17) is 19.4 Å². The number of morpholine rings is 1. The number of ether oxygens (including phenoxy) is 2. The van der Waals surface area contributed by atoms with Crippen molar-refractivity contribution in [3.8, 4) is 16.3 Å². The Labute approximate surface area is 213 Å². The fourth-order valence-electron chi connectivity index (χ4n) is 4.93. The molecule has 1 aromatic carbocycles. The number of benzene rings is 1. The highest BCUT2D eigenvalue weighted by atomic mass is 32.1. The molecular weight excluding hydrogens is 472 g/mol. The molecule has 6 rings (SSSR count).